The molecule has 0 radical (unpaired) electrons. The van der Waals surface area contributed by atoms with Crippen molar-refractivity contribution in [2.45, 2.75) is 281 Å². The quantitative estimate of drug-likeness (QED) is 0.120. The van der Waals surface area contributed by atoms with Crippen LogP contribution >= 0.6 is 10.7 Å². The van der Waals surface area contributed by atoms with Gasteiger partial charge in [-0.3, -0.25) is 0 Å². The molecule has 0 amide bonds. The van der Waals surface area contributed by atoms with Gasteiger partial charge >= 0.3 is 16.9 Å². The maximum absolute atomic E-state index is 12.3. The van der Waals surface area contributed by atoms with Crippen molar-refractivity contribution in [3.05, 3.63) is 103 Å². The number of fused-ring (bicyclic) bond motifs is 15. The number of halogens is 1. The first-order chi connectivity index (χ1) is 46.6. The van der Waals surface area contributed by atoms with E-state index in [1.807, 2.05) is 18.2 Å². The van der Waals surface area contributed by atoms with Gasteiger partial charge in [-0.25, -0.2) is 49.1 Å². The Morgan fingerprint density at radius 1 is 0.434 bits per heavy atom. The highest BCUT2D eigenvalue weighted by Gasteiger charge is 2.71. The van der Waals surface area contributed by atoms with Crippen molar-refractivity contribution in [3.63, 3.8) is 0 Å². The van der Waals surface area contributed by atoms with Crippen LogP contribution in [0.15, 0.2) is 82.8 Å². The summed E-state index contributed by atoms with van der Waals surface area (Å²) in [4.78, 5) is 34.3. The van der Waals surface area contributed by atoms with E-state index in [1.165, 1.54) is 56.4 Å². The Kier molecular flexibility index (Phi) is 21.3. The number of nitrogens with one attached hydrogen (secondary N) is 2. The largest absolute Gasteiger partial charge is 0.431 e. The highest BCUT2D eigenvalue weighted by Crippen LogP contribution is 2.74. The highest BCUT2D eigenvalue weighted by atomic mass is 35.7. The summed E-state index contributed by atoms with van der Waals surface area (Å²) < 4.78 is 93.3. The van der Waals surface area contributed by atoms with E-state index >= 15 is 0 Å². The van der Waals surface area contributed by atoms with Gasteiger partial charge in [-0.15, -0.1) is 0 Å². The minimum absolute atomic E-state index is 0.0418. The zero-order valence-electron chi connectivity index (χ0n) is 61.6. The predicted molar refractivity (Wildman–Crippen MR) is 386 cm³/mol. The van der Waals surface area contributed by atoms with Gasteiger partial charge in [0.2, 0.25) is 29.1 Å². The van der Waals surface area contributed by atoms with Crippen LogP contribution in [0.3, 0.4) is 0 Å². The van der Waals surface area contributed by atoms with Crippen LogP contribution < -0.4 is 32.1 Å². The normalized spacial score (nSPS) is 44.9. The second-order valence-electron chi connectivity index (χ2n) is 35.0. The molecule has 556 valence electrons. The van der Waals surface area contributed by atoms with Crippen molar-refractivity contribution in [1.29, 1.82) is 0 Å². The summed E-state index contributed by atoms with van der Waals surface area (Å²) in [6, 6.07) is 10.7. The zero-order chi connectivity index (χ0) is 72.8. The van der Waals surface area contributed by atoms with Gasteiger partial charge in [-0.2, -0.15) is 0 Å². The molecule has 12 saturated carbocycles. The lowest BCUT2D eigenvalue weighted by molar-refractivity contribution is -0.201. The number of hydrogen-bond donors (Lipinski definition) is 6. The number of nitrogens with two attached hydrogens (primary N) is 1. The molecule has 18 nitrogen and oxygen atoms in total. The van der Waals surface area contributed by atoms with E-state index in [0.29, 0.717) is 53.9 Å². The second-order valence-corrected chi connectivity index (χ2v) is 41.6. The fourth-order valence-electron chi connectivity index (χ4n) is 25.8. The first-order valence-electron chi connectivity index (χ1n) is 38.1. The van der Waals surface area contributed by atoms with Crippen LogP contribution in [-0.2, 0) is 29.1 Å². The van der Waals surface area contributed by atoms with Crippen LogP contribution in [-0.4, -0.2) is 94.3 Å². The van der Waals surface area contributed by atoms with Crippen molar-refractivity contribution in [2.75, 3.05) is 18.8 Å². The highest BCUT2D eigenvalue weighted by molar-refractivity contribution is 8.13. The molecule has 99 heavy (non-hydrogen) atoms. The first kappa shape index (κ1) is 75.4. The molecule has 12 aliphatic rings. The maximum Gasteiger partial charge on any atom is 0.335 e. The van der Waals surface area contributed by atoms with Crippen molar-refractivity contribution in [1.82, 2.24) is 9.44 Å². The van der Waals surface area contributed by atoms with Gasteiger partial charge in [-0.1, -0.05) is 55.4 Å². The summed E-state index contributed by atoms with van der Waals surface area (Å²) in [5, 5.41) is 36.7. The van der Waals surface area contributed by atoms with E-state index in [1.54, 1.807) is 25.7 Å². The molecule has 0 saturated heterocycles. The Morgan fingerprint density at radius 2 is 0.717 bits per heavy atom. The minimum atomic E-state index is -3.19. The van der Waals surface area contributed by atoms with E-state index in [4.69, 9.17) is 20.4 Å². The van der Waals surface area contributed by atoms with Crippen LogP contribution in [0.25, 0.3) is 0 Å². The van der Waals surface area contributed by atoms with Crippen LogP contribution in [0.2, 0.25) is 0 Å². The topological polar surface area (TPSA) is 304 Å². The average Bonchev–Trinajstić information content (AvgIpc) is 1.42. The van der Waals surface area contributed by atoms with Crippen molar-refractivity contribution < 1.29 is 55.2 Å². The number of aliphatic hydroxyl groups is 3. The third-order valence-corrected chi connectivity index (χ3v) is 32.3. The molecule has 0 bridgehead atoms. The third kappa shape index (κ3) is 14.1. The van der Waals surface area contributed by atoms with Crippen molar-refractivity contribution >= 4 is 39.8 Å². The Labute approximate surface area is 595 Å². The Morgan fingerprint density at radius 3 is 0.990 bits per heavy atom. The maximum atomic E-state index is 12.3. The lowest BCUT2D eigenvalue weighted by Crippen LogP contribution is -2.62. The summed E-state index contributed by atoms with van der Waals surface area (Å²) in [5.74, 6) is 4.94. The molecule has 0 aromatic carbocycles. The zero-order valence-corrected chi connectivity index (χ0v) is 63.8. The average molecular weight is 1460 g/mol. The molecule has 0 spiro atoms. The van der Waals surface area contributed by atoms with Crippen LogP contribution in [0.4, 0.5) is 0 Å². The monoisotopic (exact) mass is 1460 g/mol. The summed E-state index contributed by atoms with van der Waals surface area (Å²) >= 11 is 0. The molecule has 0 aliphatic heterocycles. The van der Waals surface area contributed by atoms with E-state index in [9.17, 15) is 55.0 Å². The molecular weight excluding hydrogens is 1340 g/mol. The first-order valence-corrected chi connectivity index (χ1v) is 43.9. The molecule has 3 aromatic rings. The van der Waals surface area contributed by atoms with Gasteiger partial charge in [0.1, 0.15) is 0 Å². The molecular formula is C77H118ClN3O15S3. The van der Waals surface area contributed by atoms with E-state index in [-0.39, 0.29) is 85.6 Å². The third-order valence-electron chi connectivity index (χ3n) is 30.7. The van der Waals surface area contributed by atoms with Crippen LogP contribution in [0.5, 0.6) is 0 Å². The van der Waals surface area contributed by atoms with Gasteiger partial charge in [-0.05, 0) is 296 Å². The number of rotatable bonds is 7. The lowest BCUT2D eigenvalue weighted by atomic mass is 9.43. The fraction of sp³-hybridized carbons (Fsp3) is 0.805. The molecule has 0 unspecified atom stereocenters. The fourth-order valence-corrected chi connectivity index (χ4v) is 27.5. The summed E-state index contributed by atoms with van der Waals surface area (Å²) in [6.07, 6.45) is 35.6. The van der Waals surface area contributed by atoms with E-state index < -0.39 is 45.9 Å². The molecule has 24 atom stereocenters. The number of hydrogen-bond acceptors (Lipinski definition) is 16. The van der Waals surface area contributed by atoms with Crippen LogP contribution in [0.1, 0.15) is 265 Å². The van der Waals surface area contributed by atoms with E-state index in [0.717, 1.165) is 177 Å². The summed E-state index contributed by atoms with van der Waals surface area (Å²) in [6.45, 7) is 16.4. The smallest absolute Gasteiger partial charge is 0.335 e. The molecule has 7 N–H and O–H groups in total. The summed E-state index contributed by atoms with van der Waals surface area (Å²) in [7, 11) is -5.07. The lowest BCUT2D eigenvalue weighted by Gasteiger charge is -2.63. The Hall–Kier alpha value is -3.25. The molecule has 3 aromatic heterocycles. The van der Waals surface area contributed by atoms with E-state index in [2.05, 4.69) is 61.7 Å². The van der Waals surface area contributed by atoms with Gasteiger partial charge in [0.25, 0.3) is 0 Å². The second kappa shape index (κ2) is 27.9. The molecule has 22 heteroatoms. The van der Waals surface area contributed by atoms with Gasteiger partial charge in [0.15, 0.2) is 0 Å². The molecule has 3 heterocycles. The minimum Gasteiger partial charge on any atom is -0.431 e. The predicted octanol–water partition coefficient (Wildman–Crippen LogP) is 13.0. The molecule has 12 fully saturated rings. The standard InChI is InChI=1S/2C25H37NO5S.C24H35NO3.C2H6.CH3ClO2S/c2*1-23-11-8-18(26-32(3,29)30)14-17(23)5-6-21-20(23)9-12-24(2)19(10-13-25(21,24)28)16-4-7-22(27)31-15-16;1-22-10-7-17(25)13-16(22)4-5-20-19(22)8-11-23(2)18(9-12-24(20,23)27)15-3-6-21(26)28-14-15;1-2;1-5(2,3)4/h2*4,7,15,17-21,26,28H,5-6,8-14H2,1-3H3;3,6,14,16-20,27H,4-5,7-13,25H2,1-2H3;1-2H3;1H3/t2*17-,18+,19-,20+,21-,23+,24-,25+;16-,17+,18-,19+,20-,22+,23-,24+;;/m111../s1/i;;;1D;. The van der Waals surface area contributed by atoms with Gasteiger partial charge in [0.05, 0.1) is 54.4 Å². The van der Waals surface area contributed by atoms with Crippen molar-refractivity contribution in [2.24, 2.45) is 91.5 Å². The van der Waals surface area contributed by atoms with Crippen LogP contribution in [0, 0.1) is 85.8 Å². The molecule has 12 aliphatic carbocycles. The Bertz CT molecular complexity index is 3730. The SMILES string of the molecule is CS(=O)(=O)Cl.C[C@]12CC[C@H](N)C[C@H]1CC[C@@H]1[C@@H]2CC[C@]2(C)[C@@H](c3ccc(=O)oc3)CC[C@]12O.C[C@]12CC[C@H](NS(C)(=O)=O)C[C@H]1CC[C@@H]1[C@@H]2CC[C@]2(C)[C@@H](c3ccc(=O)oc3)CC[C@]12O.C[C@]12CC[C@H](NS(C)(=O)=O)C[C@H]1CC[C@@H]1[C@@H]2CC[C@]2(C)[C@@H](c3ccc(=O)oc3)CC[C@]12O.[2H]CC. The van der Waals surface area contributed by atoms with Gasteiger partial charge < -0.3 is 34.3 Å². The molecule has 15 rings (SSSR count). The Balaban J connectivity index is 0.000000144. The van der Waals surface area contributed by atoms with Gasteiger partial charge in [0, 0.05) is 64.6 Å². The number of sulfonamides is 2. The summed E-state index contributed by atoms with van der Waals surface area (Å²) in [5.41, 5.74) is 6.59. The van der Waals surface area contributed by atoms with Crippen molar-refractivity contribution in [3.8, 4) is 0 Å².